The van der Waals surface area contributed by atoms with E-state index < -0.39 is 11.4 Å². The van der Waals surface area contributed by atoms with Gasteiger partial charge in [0.25, 0.3) is 0 Å². The van der Waals surface area contributed by atoms with Crippen molar-refractivity contribution in [2.45, 2.75) is 57.4 Å². The van der Waals surface area contributed by atoms with Crippen LogP contribution in [-0.2, 0) is 18.4 Å². The highest BCUT2D eigenvalue weighted by molar-refractivity contribution is 5.88. The molecule has 2 aromatic rings. The summed E-state index contributed by atoms with van der Waals surface area (Å²) >= 11 is 0. The Morgan fingerprint density at radius 3 is 2.67 bits per heavy atom. The zero-order valence-corrected chi connectivity index (χ0v) is 15.9. The first kappa shape index (κ1) is 17.8. The minimum atomic E-state index is -1.16. The van der Waals surface area contributed by atoms with Gasteiger partial charge in [0.15, 0.2) is 5.43 Å². The summed E-state index contributed by atoms with van der Waals surface area (Å²) in [5.41, 5.74) is 3.56. The zero-order valence-electron chi connectivity index (χ0n) is 15.9. The minimum absolute atomic E-state index is 0.100. The standard InChI is InChI=1S/C22H25NO4/c1-3-4-6-14-9-15-12-22(7-5-8-22)23-13-17(21(25)26)19(24)11-18(23)16(15)10-20(14)27-2/h9-11,13H,3-8,12H2,1-2H3,(H,25,26). The number of rotatable bonds is 5. The van der Waals surface area contributed by atoms with Gasteiger partial charge in [0.1, 0.15) is 11.3 Å². The molecule has 142 valence electrons. The second kappa shape index (κ2) is 6.55. The summed E-state index contributed by atoms with van der Waals surface area (Å²) < 4.78 is 7.68. The summed E-state index contributed by atoms with van der Waals surface area (Å²) in [5, 5.41) is 9.39. The van der Waals surface area contributed by atoms with Crippen LogP contribution in [0.25, 0.3) is 11.3 Å². The van der Waals surface area contributed by atoms with E-state index in [4.69, 9.17) is 4.74 Å². The molecule has 0 radical (unpaired) electrons. The van der Waals surface area contributed by atoms with E-state index in [1.54, 1.807) is 13.3 Å². The molecule has 5 heteroatoms. The summed E-state index contributed by atoms with van der Waals surface area (Å²) in [6, 6.07) is 5.76. The maximum absolute atomic E-state index is 12.4. The monoisotopic (exact) mass is 367 g/mol. The second-order valence-electron chi connectivity index (χ2n) is 7.79. The van der Waals surface area contributed by atoms with Crippen molar-refractivity contribution in [2.24, 2.45) is 0 Å². The molecule has 1 saturated carbocycles. The Labute approximate surface area is 158 Å². The molecule has 1 spiro atoms. The van der Waals surface area contributed by atoms with Crippen molar-refractivity contribution in [3.63, 3.8) is 0 Å². The maximum atomic E-state index is 12.4. The van der Waals surface area contributed by atoms with E-state index in [0.717, 1.165) is 62.0 Å². The maximum Gasteiger partial charge on any atom is 0.341 e. The van der Waals surface area contributed by atoms with Crippen LogP contribution in [-0.4, -0.2) is 22.8 Å². The van der Waals surface area contributed by atoms with Crippen molar-refractivity contribution in [3.05, 3.63) is 51.3 Å². The first-order chi connectivity index (χ1) is 13.0. The summed E-state index contributed by atoms with van der Waals surface area (Å²) in [6.45, 7) is 2.18. The third kappa shape index (κ3) is 2.76. The highest BCUT2D eigenvalue weighted by atomic mass is 16.5. The third-order valence-corrected chi connectivity index (χ3v) is 6.18. The number of fused-ring (bicyclic) bond motifs is 4. The number of aromatic nitrogens is 1. The fraction of sp³-hybridized carbons (Fsp3) is 0.455. The number of hydrogen-bond donors (Lipinski definition) is 1. The van der Waals surface area contributed by atoms with E-state index in [1.165, 1.54) is 17.2 Å². The van der Waals surface area contributed by atoms with Crippen LogP contribution in [0.2, 0.25) is 0 Å². The Morgan fingerprint density at radius 2 is 2.07 bits per heavy atom. The fourth-order valence-corrected chi connectivity index (χ4v) is 4.55. The molecule has 2 heterocycles. The summed E-state index contributed by atoms with van der Waals surface area (Å²) in [4.78, 5) is 23.9. The first-order valence-electron chi connectivity index (χ1n) is 9.70. The lowest BCUT2D eigenvalue weighted by molar-refractivity contribution is 0.0691. The predicted molar refractivity (Wildman–Crippen MR) is 104 cm³/mol. The molecule has 1 fully saturated rings. The van der Waals surface area contributed by atoms with E-state index in [2.05, 4.69) is 17.6 Å². The fourth-order valence-electron chi connectivity index (χ4n) is 4.55. The van der Waals surface area contributed by atoms with Crippen molar-refractivity contribution < 1.29 is 14.6 Å². The molecular formula is C22H25NO4. The lowest BCUT2D eigenvalue weighted by atomic mass is 9.69. The number of carboxylic acids is 1. The van der Waals surface area contributed by atoms with E-state index in [1.807, 2.05) is 6.07 Å². The average molecular weight is 367 g/mol. The number of pyridine rings is 1. The predicted octanol–water partition coefficient (Wildman–Crippen LogP) is 4.00. The third-order valence-electron chi connectivity index (χ3n) is 6.18. The van der Waals surface area contributed by atoms with Gasteiger partial charge in [0, 0.05) is 23.4 Å². The minimum Gasteiger partial charge on any atom is -0.496 e. The Balaban J connectivity index is 1.93. The van der Waals surface area contributed by atoms with Crippen LogP contribution in [0.5, 0.6) is 5.75 Å². The molecule has 0 bridgehead atoms. The van der Waals surface area contributed by atoms with Gasteiger partial charge in [-0.1, -0.05) is 19.4 Å². The molecule has 0 atom stereocenters. The van der Waals surface area contributed by atoms with Gasteiger partial charge in [-0.05, 0) is 55.7 Å². The summed E-state index contributed by atoms with van der Waals surface area (Å²) in [6.07, 6.45) is 8.79. The summed E-state index contributed by atoms with van der Waals surface area (Å²) in [7, 11) is 1.67. The highest BCUT2D eigenvalue weighted by Gasteiger charge is 2.43. The molecule has 1 aromatic carbocycles. The molecule has 1 aliphatic heterocycles. The SMILES string of the molecule is CCCCc1cc2c(cc1OC)-c1cc(=O)c(C(=O)O)cn1C1(CCC1)C2. The molecule has 2 aliphatic rings. The van der Waals surface area contributed by atoms with Crippen LogP contribution in [0.15, 0.2) is 29.2 Å². The van der Waals surface area contributed by atoms with Gasteiger partial charge in [0.2, 0.25) is 0 Å². The zero-order chi connectivity index (χ0) is 19.2. The van der Waals surface area contributed by atoms with E-state index in [-0.39, 0.29) is 11.1 Å². The molecule has 0 unspecified atom stereocenters. The number of aryl methyl sites for hydroxylation is 1. The lowest BCUT2D eigenvalue weighted by Gasteiger charge is -2.49. The number of ether oxygens (including phenoxy) is 1. The van der Waals surface area contributed by atoms with Crippen LogP contribution < -0.4 is 10.2 Å². The molecule has 4 rings (SSSR count). The Hall–Kier alpha value is -2.56. The molecule has 1 aliphatic carbocycles. The average Bonchev–Trinajstić information content (AvgIpc) is 2.62. The van der Waals surface area contributed by atoms with Gasteiger partial charge in [-0.15, -0.1) is 0 Å². The molecule has 0 saturated heterocycles. The Morgan fingerprint density at radius 1 is 1.30 bits per heavy atom. The van der Waals surface area contributed by atoms with Crippen LogP contribution >= 0.6 is 0 Å². The quantitative estimate of drug-likeness (QED) is 0.867. The number of hydrogen-bond acceptors (Lipinski definition) is 3. The van der Waals surface area contributed by atoms with Crippen molar-refractivity contribution >= 4 is 5.97 Å². The number of benzene rings is 1. The van der Waals surface area contributed by atoms with E-state index >= 15 is 0 Å². The van der Waals surface area contributed by atoms with Crippen molar-refractivity contribution in [1.29, 1.82) is 0 Å². The van der Waals surface area contributed by atoms with Gasteiger partial charge in [-0.25, -0.2) is 4.79 Å². The highest BCUT2D eigenvalue weighted by Crippen LogP contribution is 2.49. The van der Waals surface area contributed by atoms with Gasteiger partial charge >= 0.3 is 5.97 Å². The summed E-state index contributed by atoms with van der Waals surface area (Å²) in [5.74, 6) is -0.323. The molecule has 5 nitrogen and oxygen atoms in total. The molecule has 1 aromatic heterocycles. The number of aromatic carboxylic acids is 1. The second-order valence-corrected chi connectivity index (χ2v) is 7.79. The number of nitrogens with zero attached hydrogens (tertiary/aromatic N) is 1. The van der Waals surface area contributed by atoms with Gasteiger partial charge in [0.05, 0.1) is 12.8 Å². The van der Waals surface area contributed by atoms with Crippen LogP contribution in [0.4, 0.5) is 0 Å². The number of carboxylic acid groups (broad SMARTS) is 1. The van der Waals surface area contributed by atoms with Gasteiger partial charge < -0.3 is 14.4 Å². The molecular weight excluding hydrogens is 342 g/mol. The Bertz CT molecular complexity index is 969. The smallest absolute Gasteiger partial charge is 0.341 e. The number of unbranched alkanes of at least 4 members (excludes halogenated alkanes) is 1. The van der Waals surface area contributed by atoms with Gasteiger partial charge in [-0.2, -0.15) is 0 Å². The van der Waals surface area contributed by atoms with Crippen LogP contribution in [0, 0.1) is 0 Å². The van der Waals surface area contributed by atoms with E-state index in [9.17, 15) is 14.7 Å². The number of carbonyl (C=O) groups is 1. The van der Waals surface area contributed by atoms with Crippen molar-refractivity contribution in [2.75, 3.05) is 7.11 Å². The van der Waals surface area contributed by atoms with Gasteiger partial charge in [-0.3, -0.25) is 4.79 Å². The van der Waals surface area contributed by atoms with Crippen LogP contribution in [0.3, 0.4) is 0 Å². The van der Waals surface area contributed by atoms with Crippen molar-refractivity contribution in [1.82, 2.24) is 4.57 Å². The lowest BCUT2D eigenvalue weighted by Crippen LogP contribution is -2.46. The normalized spacial score (nSPS) is 16.4. The largest absolute Gasteiger partial charge is 0.496 e. The molecule has 27 heavy (non-hydrogen) atoms. The van der Waals surface area contributed by atoms with Crippen molar-refractivity contribution in [3.8, 4) is 17.0 Å². The molecule has 1 N–H and O–H groups in total. The topological polar surface area (TPSA) is 68.5 Å². The van der Waals surface area contributed by atoms with Crippen LogP contribution in [0.1, 0.15) is 60.5 Å². The number of methoxy groups -OCH3 is 1. The first-order valence-corrected chi connectivity index (χ1v) is 9.70. The van der Waals surface area contributed by atoms with E-state index in [0.29, 0.717) is 0 Å². The molecule has 0 amide bonds. The Kier molecular flexibility index (Phi) is 4.33.